The number of fused-ring (bicyclic) bond motifs is 1. The fraction of sp³-hybridized carbons (Fsp3) is 0.571. The number of nitrogens with one attached hydrogen (secondary N) is 1. The van der Waals surface area contributed by atoms with Gasteiger partial charge >= 0.3 is 6.18 Å². The van der Waals surface area contributed by atoms with Gasteiger partial charge in [0.25, 0.3) is 0 Å². The quantitative estimate of drug-likeness (QED) is 0.947. The number of rotatable bonds is 3. The minimum absolute atomic E-state index is 0.461. The maximum atomic E-state index is 12.8. The molecule has 0 aliphatic carbocycles. The molecular formula is C14H17F3N4. The summed E-state index contributed by atoms with van der Waals surface area (Å²) >= 11 is 0. The average molecular weight is 298 g/mol. The molecule has 2 aromatic rings. The van der Waals surface area contributed by atoms with Crippen molar-refractivity contribution in [1.82, 2.24) is 19.9 Å². The summed E-state index contributed by atoms with van der Waals surface area (Å²) in [4.78, 5) is 0. The highest BCUT2D eigenvalue weighted by Gasteiger charge is 2.31. The van der Waals surface area contributed by atoms with Crippen LogP contribution >= 0.6 is 0 Å². The first-order chi connectivity index (χ1) is 10.0. The molecule has 1 N–H and O–H groups in total. The fourth-order valence-corrected chi connectivity index (χ4v) is 2.78. The Labute approximate surface area is 120 Å². The highest BCUT2D eigenvalue weighted by molar-refractivity contribution is 5.40. The smallest absolute Gasteiger partial charge is 0.317 e. The number of halogens is 3. The monoisotopic (exact) mass is 298 g/mol. The largest absolute Gasteiger partial charge is 0.417 e. The molecule has 0 aromatic carbocycles. The number of piperidine rings is 1. The van der Waals surface area contributed by atoms with E-state index in [2.05, 4.69) is 15.5 Å². The number of nitrogens with zero attached hydrogens (tertiary/aromatic N) is 3. The second-order valence-electron chi connectivity index (χ2n) is 5.49. The van der Waals surface area contributed by atoms with Gasteiger partial charge in [0, 0.05) is 12.6 Å². The summed E-state index contributed by atoms with van der Waals surface area (Å²) in [7, 11) is 0. The summed E-state index contributed by atoms with van der Waals surface area (Å²) in [5.74, 6) is 1.22. The summed E-state index contributed by atoms with van der Waals surface area (Å²) in [6, 6.07) is 2.41. The van der Waals surface area contributed by atoms with E-state index in [0.29, 0.717) is 23.8 Å². The third-order valence-corrected chi connectivity index (χ3v) is 4.04. The van der Waals surface area contributed by atoms with Crippen LogP contribution in [-0.4, -0.2) is 27.7 Å². The van der Waals surface area contributed by atoms with Crippen LogP contribution in [0.5, 0.6) is 0 Å². The predicted octanol–water partition coefficient (Wildman–Crippen LogP) is 2.68. The highest BCUT2D eigenvalue weighted by Crippen LogP contribution is 2.29. The maximum Gasteiger partial charge on any atom is 0.417 e. The van der Waals surface area contributed by atoms with Crippen LogP contribution < -0.4 is 5.32 Å². The molecule has 0 amide bonds. The Bertz CT molecular complexity index is 614. The zero-order valence-corrected chi connectivity index (χ0v) is 11.5. The Kier molecular flexibility index (Phi) is 3.84. The Hall–Kier alpha value is -1.63. The summed E-state index contributed by atoms with van der Waals surface area (Å²) in [5, 5.41) is 11.3. The highest BCUT2D eigenvalue weighted by atomic mass is 19.4. The third kappa shape index (κ3) is 3.18. The van der Waals surface area contributed by atoms with Crippen molar-refractivity contribution in [2.45, 2.75) is 31.9 Å². The molecule has 2 aromatic heterocycles. The molecule has 1 aliphatic heterocycles. The van der Waals surface area contributed by atoms with E-state index in [1.165, 1.54) is 10.5 Å². The second kappa shape index (κ2) is 5.63. The van der Waals surface area contributed by atoms with Crippen LogP contribution in [0.15, 0.2) is 18.3 Å². The first kappa shape index (κ1) is 14.3. The van der Waals surface area contributed by atoms with Crippen LogP contribution in [0.25, 0.3) is 5.65 Å². The van der Waals surface area contributed by atoms with Gasteiger partial charge in [0.1, 0.15) is 5.82 Å². The van der Waals surface area contributed by atoms with Gasteiger partial charge in [-0.15, -0.1) is 10.2 Å². The van der Waals surface area contributed by atoms with Crippen molar-refractivity contribution in [1.29, 1.82) is 0 Å². The fourth-order valence-electron chi connectivity index (χ4n) is 2.78. The average Bonchev–Trinajstić information content (AvgIpc) is 2.87. The van der Waals surface area contributed by atoms with Crippen LogP contribution in [0.1, 0.15) is 30.7 Å². The lowest BCUT2D eigenvalue weighted by molar-refractivity contribution is -0.137. The van der Waals surface area contributed by atoms with Crippen molar-refractivity contribution < 1.29 is 13.2 Å². The SMILES string of the molecule is FC(F)(F)c1ccc2nnc(CCC3CCNCC3)n2c1. The van der Waals surface area contributed by atoms with Gasteiger partial charge in [0.15, 0.2) is 5.65 Å². The van der Waals surface area contributed by atoms with Crippen molar-refractivity contribution in [3.05, 3.63) is 29.7 Å². The molecule has 4 nitrogen and oxygen atoms in total. The van der Waals surface area contributed by atoms with Crippen LogP contribution in [0.3, 0.4) is 0 Å². The van der Waals surface area contributed by atoms with E-state index < -0.39 is 11.7 Å². The number of hydrogen-bond donors (Lipinski definition) is 1. The maximum absolute atomic E-state index is 12.8. The molecule has 1 aliphatic rings. The van der Waals surface area contributed by atoms with E-state index in [1.807, 2.05) is 0 Å². The van der Waals surface area contributed by atoms with Crippen molar-refractivity contribution in [2.24, 2.45) is 5.92 Å². The van der Waals surface area contributed by atoms with E-state index in [0.717, 1.165) is 44.6 Å². The zero-order valence-electron chi connectivity index (χ0n) is 11.5. The molecule has 0 unspecified atom stereocenters. The number of alkyl halides is 3. The van der Waals surface area contributed by atoms with E-state index in [-0.39, 0.29) is 0 Å². The molecule has 7 heteroatoms. The Morgan fingerprint density at radius 2 is 1.95 bits per heavy atom. The predicted molar refractivity (Wildman–Crippen MR) is 71.9 cm³/mol. The van der Waals surface area contributed by atoms with Gasteiger partial charge in [0.05, 0.1) is 5.56 Å². The number of pyridine rings is 1. The number of aryl methyl sites for hydroxylation is 1. The van der Waals surface area contributed by atoms with Gasteiger partial charge in [-0.3, -0.25) is 4.40 Å². The molecule has 1 saturated heterocycles. The summed E-state index contributed by atoms with van der Waals surface area (Å²) in [6.07, 6.45) is 0.582. The zero-order chi connectivity index (χ0) is 14.9. The third-order valence-electron chi connectivity index (χ3n) is 4.04. The first-order valence-electron chi connectivity index (χ1n) is 7.15. The van der Waals surface area contributed by atoms with Gasteiger partial charge < -0.3 is 5.32 Å². The summed E-state index contributed by atoms with van der Waals surface area (Å²) in [6.45, 7) is 2.03. The van der Waals surface area contributed by atoms with Gasteiger partial charge in [-0.05, 0) is 50.4 Å². The molecule has 0 saturated carbocycles. The summed E-state index contributed by atoms with van der Waals surface area (Å²) in [5.41, 5.74) is -0.207. The van der Waals surface area contributed by atoms with E-state index >= 15 is 0 Å². The van der Waals surface area contributed by atoms with Crippen molar-refractivity contribution >= 4 is 5.65 Å². The van der Waals surface area contributed by atoms with Crippen LogP contribution in [-0.2, 0) is 12.6 Å². The second-order valence-corrected chi connectivity index (χ2v) is 5.49. The van der Waals surface area contributed by atoms with Gasteiger partial charge in [-0.25, -0.2) is 0 Å². The van der Waals surface area contributed by atoms with Crippen LogP contribution in [0, 0.1) is 5.92 Å². The molecule has 0 bridgehead atoms. The molecule has 0 atom stereocenters. The van der Waals surface area contributed by atoms with Crippen LogP contribution in [0.2, 0.25) is 0 Å². The van der Waals surface area contributed by atoms with E-state index in [4.69, 9.17) is 0 Å². The standard InChI is InChI=1S/C14H17F3N4/c15-14(16,17)11-2-4-13-20-19-12(21(13)9-11)3-1-10-5-7-18-8-6-10/h2,4,9-10,18H,1,3,5-8H2. The molecule has 21 heavy (non-hydrogen) atoms. The lowest BCUT2D eigenvalue weighted by Gasteiger charge is -2.22. The first-order valence-corrected chi connectivity index (χ1v) is 7.15. The Morgan fingerprint density at radius 1 is 1.19 bits per heavy atom. The van der Waals surface area contributed by atoms with E-state index in [1.54, 1.807) is 0 Å². The van der Waals surface area contributed by atoms with Crippen LogP contribution in [0.4, 0.5) is 13.2 Å². The molecule has 0 radical (unpaired) electrons. The topological polar surface area (TPSA) is 42.2 Å². The molecule has 3 heterocycles. The molecule has 1 fully saturated rings. The number of hydrogen-bond acceptors (Lipinski definition) is 3. The van der Waals surface area contributed by atoms with Gasteiger partial charge in [-0.2, -0.15) is 13.2 Å². The van der Waals surface area contributed by atoms with Gasteiger partial charge in [-0.1, -0.05) is 0 Å². The normalized spacial score (nSPS) is 17.5. The Morgan fingerprint density at radius 3 is 2.67 bits per heavy atom. The van der Waals surface area contributed by atoms with Crippen molar-refractivity contribution in [3.63, 3.8) is 0 Å². The van der Waals surface area contributed by atoms with Crippen molar-refractivity contribution in [2.75, 3.05) is 13.1 Å². The lowest BCUT2D eigenvalue weighted by Crippen LogP contribution is -2.28. The van der Waals surface area contributed by atoms with Crippen molar-refractivity contribution in [3.8, 4) is 0 Å². The molecule has 114 valence electrons. The minimum Gasteiger partial charge on any atom is -0.317 e. The molecule has 3 rings (SSSR count). The molecular weight excluding hydrogens is 281 g/mol. The summed E-state index contributed by atoms with van der Waals surface area (Å²) < 4.78 is 39.8. The minimum atomic E-state index is -4.34. The number of aromatic nitrogens is 3. The molecule has 0 spiro atoms. The Balaban J connectivity index is 1.78. The lowest BCUT2D eigenvalue weighted by atomic mass is 9.93. The van der Waals surface area contributed by atoms with E-state index in [9.17, 15) is 13.2 Å². The van der Waals surface area contributed by atoms with Gasteiger partial charge in [0.2, 0.25) is 0 Å².